The average Bonchev–Trinajstić information content (AvgIpc) is 3.71. The Labute approximate surface area is 310 Å². The number of carboxylic acids is 2. The second-order valence-corrected chi connectivity index (χ2v) is 10.9. The summed E-state index contributed by atoms with van der Waals surface area (Å²) in [7, 11) is 4.46. The number of carboxylic acid groups (broad SMARTS) is 2. The van der Waals surface area contributed by atoms with Crippen molar-refractivity contribution in [3.05, 3.63) is 125 Å². The van der Waals surface area contributed by atoms with Gasteiger partial charge in [-0.15, -0.1) is 0 Å². The van der Waals surface area contributed by atoms with Gasteiger partial charge in [0.1, 0.15) is 29.5 Å². The Balaban J connectivity index is 0.000000650. The summed E-state index contributed by atoms with van der Waals surface area (Å²) in [6, 6.07) is 5.14. The van der Waals surface area contributed by atoms with Gasteiger partial charge < -0.3 is 48.5 Å². The molecule has 0 saturated carbocycles. The summed E-state index contributed by atoms with van der Waals surface area (Å²) in [5, 5.41) is 24.2. The summed E-state index contributed by atoms with van der Waals surface area (Å²) >= 11 is 0. The third-order valence-electron chi connectivity index (χ3n) is 7.29. The zero-order valence-electron chi connectivity index (χ0n) is 29.8. The summed E-state index contributed by atoms with van der Waals surface area (Å²) in [6.45, 7) is 3.60. The minimum absolute atomic E-state index is 0.0214. The smallest absolute Gasteiger partial charge is 0.337 e. The number of amides is 1. The third kappa shape index (κ3) is 12.4. The second-order valence-electron chi connectivity index (χ2n) is 10.9. The van der Waals surface area contributed by atoms with Crippen LogP contribution in [-0.4, -0.2) is 76.3 Å². The van der Waals surface area contributed by atoms with Gasteiger partial charge >= 0.3 is 11.9 Å². The largest absolute Gasteiger partial charge is 0.496 e. The number of aldehydes is 1. The molecule has 0 fully saturated rings. The lowest BCUT2D eigenvalue weighted by Gasteiger charge is -2.15. The van der Waals surface area contributed by atoms with Crippen LogP contribution in [0.25, 0.3) is 5.82 Å². The van der Waals surface area contributed by atoms with Crippen LogP contribution in [0.15, 0.2) is 102 Å². The molecule has 1 heterocycles. The van der Waals surface area contributed by atoms with Gasteiger partial charge in [0.05, 0.1) is 41.7 Å². The lowest BCUT2D eigenvalue weighted by molar-refractivity contribution is -0.113. The number of methoxy groups -OCH3 is 1. The molecule has 0 saturated heterocycles. The van der Waals surface area contributed by atoms with Gasteiger partial charge in [-0.05, 0) is 79.0 Å². The predicted molar refractivity (Wildman–Crippen MR) is 204 cm³/mol. The molecule has 18 heteroatoms. The van der Waals surface area contributed by atoms with Crippen LogP contribution in [0.1, 0.15) is 38.3 Å². The molecule has 0 bridgehead atoms. The van der Waals surface area contributed by atoms with Crippen molar-refractivity contribution in [1.82, 2.24) is 14.5 Å². The minimum Gasteiger partial charge on any atom is -0.496 e. The van der Waals surface area contributed by atoms with Crippen molar-refractivity contribution in [1.29, 1.82) is 0 Å². The number of imidazole rings is 1. The topological polar surface area (TPSA) is 280 Å². The number of hydrogen-bond donors (Lipinski definition) is 8. The van der Waals surface area contributed by atoms with E-state index in [2.05, 4.69) is 27.2 Å². The fraction of sp³-hybridized carbons (Fsp3) is 0.167. The Bertz CT molecular complexity index is 1990. The quantitative estimate of drug-likeness (QED) is 0.0324. The number of hydrogen-bond acceptors (Lipinski definition) is 12. The molecule has 0 unspecified atom stereocenters. The van der Waals surface area contributed by atoms with Gasteiger partial charge in [-0.25, -0.2) is 19.0 Å². The first kappa shape index (κ1) is 42.8. The number of nitrogens with zero attached hydrogens (tertiary/aromatic N) is 4. The number of benzene rings is 2. The number of halogens is 1. The Morgan fingerprint density at radius 2 is 1.65 bits per heavy atom. The minimum atomic E-state index is -1.31. The van der Waals surface area contributed by atoms with Crippen LogP contribution in [0, 0.1) is 5.82 Å². The highest BCUT2D eigenvalue weighted by atomic mass is 19.1. The molecule has 286 valence electrons. The van der Waals surface area contributed by atoms with E-state index in [1.165, 1.54) is 67.1 Å². The Morgan fingerprint density at radius 3 is 2.20 bits per heavy atom. The van der Waals surface area contributed by atoms with E-state index in [0.717, 1.165) is 6.07 Å². The van der Waals surface area contributed by atoms with E-state index < -0.39 is 23.7 Å². The first-order valence-corrected chi connectivity index (χ1v) is 15.8. The number of aromatic carboxylic acids is 2. The number of aromatic nitrogens is 2. The zero-order chi connectivity index (χ0) is 40.4. The van der Waals surface area contributed by atoms with Crippen molar-refractivity contribution in [2.75, 3.05) is 31.8 Å². The fourth-order valence-corrected chi connectivity index (χ4v) is 4.55. The van der Waals surface area contributed by atoms with Crippen LogP contribution in [0.5, 0.6) is 5.75 Å². The molecule has 0 spiro atoms. The van der Waals surface area contributed by atoms with Gasteiger partial charge in [-0.2, -0.15) is 0 Å². The number of nitrogens with one attached hydrogen (secondary N) is 2. The average molecular weight is 747 g/mol. The molecule has 1 amide bonds. The summed E-state index contributed by atoms with van der Waals surface area (Å²) in [4.78, 5) is 55.2. The highest BCUT2D eigenvalue weighted by Crippen LogP contribution is 2.30. The highest BCUT2D eigenvalue weighted by Gasteiger charge is 2.19. The van der Waals surface area contributed by atoms with Crippen LogP contribution >= 0.6 is 0 Å². The van der Waals surface area contributed by atoms with Gasteiger partial charge in [0.15, 0.2) is 6.29 Å². The molecule has 12 N–H and O–H groups in total. The molecule has 0 aliphatic carbocycles. The summed E-state index contributed by atoms with van der Waals surface area (Å²) < 4.78 is 21.5. The van der Waals surface area contributed by atoms with Gasteiger partial charge in [-0.3, -0.25) is 24.0 Å². The van der Waals surface area contributed by atoms with Crippen molar-refractivity contribution >= 4 is 47.7 Å². The van der Waals surface area contributed by atoms with E-state index in [1.54, 1.807) is 37.4 Å². The zero-order valence-corrected chi connectivity index (χ0v) is 29.8. The second kappa shape index (κ2) is 21.1. The third-order valence-corrected chi connectivity index (χ3v) is 7.29. The first-order valence-electron chi connectivity index (χ1n) is 15.8. The predicted octanol–water partition coefficient (Wildman–Crippen LogP) is 2.81. The maximum atomic E-state index is 14.6. The molecule has 0 atom stereocenters. The van der Waals surface area contributed by atoms with Gasteiger partial charge in [-0.1, -0.05) is 6.58 Å². The number of allylic oxidation sites excluding steroid dienone is 5. The number of aryl methyl sites for hydroxylation is 2. The van der Waals surface area contributed by atoms with Gasteiger partial charge in [0, 0.05) is 38.4 Å². The standard InChI is InChI=1S/C28H33FN6O6.C8H10N4O/c1-5-35(15-32-2)25(31)10-9-21(30)26(36)34-23-12-17(24(41-4)14-19(23)28(39)40)8-6-7-16-11-22(33-3)18(27(37)38)13-20(16)29;9-7(5-13)1-2-8(10)12-4-3-11-6-12/h5,9-15,33H,1,6-8,30-31H2,2-4H3,(H,34,36)(H,37,38)(H,39,40);1-6H,9-10H2/b21-9-,25-10+,32-15?;7-1-,8-2+. The van der Waals surface area contributed by atoms with E-state index in [1.807, 2.05) is 0 Å². The number of anilines is 2. The van der Waals surface area contributed by atoms with Crippen LogP contribution in [-0.2, 0) is 22.4 Å². The number of nitrogens with two attached hydrogens (primary N) is 4. The molecular weight excluding hydrogens is 703 g/mol. The maximum Gasteiger partial charge on any atom is 0.337 e. The number of carbonyl (C=O) groups excluding carboxylic acids is 2. The number of ether oxygens (including phenoxy) is 1. The van der Waals surface area contributed by atoms with Crippen LogP contribution in [0.2, 0.25) is 0 Å². The van der Waals surface area contributed by atoms with E-state index in [9.17, 15) is 33.8 Å². The van der Waals surface area contributed by atoms with Crippen LogP contribution in [0.3, 0.4) is 0 Å². The lowest BCUT2D eigenvalue weighted by Crippen LogP contribution is -2.23. The molecule has 0 aliphatic heterocycles. The highest BCUT2D eigenvalue weighted by molar-refractivity contribution is 6.07. The number of aliphatic imine (C=N–C) groups is 1. The normalized spacial score (nSPS) is 12.0. The molecule has 0 radical (unpaired) electrons. The van der Waals surface area contributed by atoms with Gasteiger partial charge in [0.25, 0.3) is 5.91 Å². The Hall–Kier alpha value is -7.37. The van der Waals surface area contributed by atoms with Crippen molar-refractivity contribution in [2.24, 2.45) is 27.9 Å². The molecular formula is C36H43FN10O7. The van der Waals surface area contributed by atoms with Crippen molar-refractivity contribution in [3.63, 3.8) is 0 Å². The van der Waals surface area contributed by atoms with Crippen molar-refractivity contribution in [3.8, 4) is 5.75 Å². The van der Waals surface area contributed by atoms with E-state index >= 15 is 0 Å². The number of carbonyl (C=O) groups is 4. The Kier molecular flexibility index (Phi) is 16.7. The Morgan fingerprint density at radius 1 is 1.00 bits per heavy atom. The van der Waals surface area contributed by atoms with E-state index in [-0.39, 0.29) is 51.9 Å². The molecule has 3 aromatic rings. The van der Waals surface area contributed by atoms with E-state index in [4.69, 9.17) is 27.7 Å². The molecule has 2 aromatic carbocycles. The summed E-state index contributed by atoms with van der Waals surface area (Å²) in [5.41, 5.74) is 23.2. The SMILES string of the molecule is C=CN(C=NC)/C(N)=C/C=C(\N)C(=O)Nc1cc(CCCc2cc(NC)c(C(=O)O)cc2F)c(OC)cc1C(=O)O.N/C(C=O)=C\C=C(/N)n1ccnc1. The maximum absolute atomic E-state index is 14.6. The number of rotatable bonds is 17. The molecule has 1 aromatic heterocycles. The summed E-state index contributed by atoms with van der Waals surface area (Å²) in [5.74, 6) is -3.11. The van der Waals surface area contributed by atoms with Crippen LogP contribution < -0.4 is 38.3 Å². The molecule has 3 rings (SSSR count). The van der Waals surface area contributed by atoms with Crippen LogP contribution in [0.4, 0.5) is 15.8 Å². The molecule has 0 aliphatic rings. The fourth-order valence-electron chi connectivity index (χ4n) is 4.55. The summed E-state index contributed by atoms with van der Waals surface area (Å²) in [6.07, 6.45) is 14.8. The first-order chi connectivity index (χ1) is 25.7. The van der Waals surface area contributed by atoms with Crippen molar-refractivity contribution < 1.29 is 38.5 Å². The van der Waals surface area contributed by atoms with E-state index in [0.29, 0.717) is 36.1 Å². The van der Waals surface area contributed by atoms with Crippen molar-refractivity contribution in [2.45, 2.75) is 19.3 Å². The monoisotopic (exact) mass is 746 g/mol. The molecule has 17 nitrogen and oxygen atoms in total. The van der Waals surface area contributed by atoms with Gasteiger partial charge in [0.2, 0.25) is 0 Å². The lowest BCUT2D eigenvalue weighted by atomic mass is 9.99. The molecule has 54 heavy (non-hydrogen) atoms.